The summed E-state index contributed by atoms with van der Waals surface area (Å²) in [5, 5.41) is 16.1. The van der Waals surface area contributed by atoms with Gasteiger partial charge in [-0.1, -0.05) is 77.3 Å². The monoisotopic (exact) mass is 500 g/mol. The molecular formula is C34H60O2. The zero-order chi connectivity index (χ0) is 27.8. The summed E-state index contributed by atoms with van der Waals surface area (Å²) in [6.07, 6.45) is 25.7. The molecule has 2 N–H and O–H groups in total. The molecule has 0 bridgehead atoms. The Labute approximate surface area is 225 Å². The van der Waals surface area contributed by atoms with Crippen molar-refractivity contribution in [3.63, 3.8) is 0 Å². The summed E-state index contributed by atoms with van der Waals surface area (Å²) < 4.78 is 0. The maximum absolute atomic E-state index is 9.10. The Bertz CT molecular complexity index is 707. The second-order valence-electron chi connectivity index (χ2n) is 10.6. The van der Waals surface area contributed by atoms with E-state index in [-0.39, 0.29) is 0 Å². The Morgan fingerprint density at radius 1 is 0.833 bits per heavy atom. The van der Waals surface area contributed by atoms with Crippen molar-refractivity contribution in [2.24, 2.45) is 5.92 Å². The molecule has 1 rings (SSSR count). The van der Waals surface area contributed by atoms with Gasteiger partial charge in [0.2, 0.25) is 0 Å². The van der Waals surface area contributed by atoms with E-state index in [4.69, 9.17) is 10.2 Å². The molecule has 36 heavy (non-hydrogen) atoms. The normalized spacial score (nSPS) is 15.5. The van der Waals surface area contributed by atoms with Gasteiger partial charge in [-0.05, 0) is 125 Å². The largest absolute Gasteiger partial charge is 0.400 e. The molecule has 0 aromatic rings. The number of hydrogen-bond donors (Lipinski definition) is 2. The fourth-order valence-corrected chi connectivity index (χ4v) is 3.92. The maximum Gasteiger partial charge on any atom is 0.0462 e. The van der Waals surface area contributed by atoms with Gasteiger partial charge in [-0.15, -0.1) is 0 Å². The third-order valence-corrected chi connectivity index (χ3v) is 6.50. The van der Waals surface area contributed by atoms with Crippen LogP contribution >= 0.6 is 0 Å². The lowest BCUT2D eigenvalue weighted by atomic mass is 9.88. The van der Waals surface area contributed by atoms with Crippen molar-refractivity contribution < 1.29 is 10.2 Å². The van der Waals surface area contributed by atoms with Gasteiger partial charge < -0.3 is 10.2 Å². The van der Waals surface area contributed by atoms with E-state index in [2.05, 4.69) is 85.4 Å². The van der Waals surface area contributed by atoms with E-state index in [1.165, 1.54) is 79.2 Å². The Morgan fingerprint density at radius 2 is 1.33 bits per heavy atom. The fourth-order valence-electron chi connectivity index (χ4n) is 3.92. The molecule has 0 heterocycles. The Hall–Kier alpha value is -1.64. The van der Waals surface area contributed by atoms with Gasteiger partial charge in [0.05, 0.1) is 0 Å². The average Bonchev–Trinajstić information content (AvgIpc) is 2.85. The van der Waals surface area contributed by atoms with E-state index in [1.54, 1.807) is 5.57 Å². The lowest BCUT2D eigenvalue weighted by Gasteiger charge is -2.19. The summed E-state index contributed by atoms with van der Waals surface area (Å²) in [5.41, 5.74) is 8.82. The molecule has 2 nitrogen and oxygen atoms in total. The smallest absolute Gasteiger partial charge is 0.0462 e. The van der Waals surface area contributed by atoms with E-state index in [9.17, 15) is 0 Å². The minimum atomic E-state index is 0.354. The lowest BCUT2D eigenvalue weighted by Crippen LogP contribution is -2.09. The van der Waals surface area contributed by atoms with Gasteiger partial charge in [-0.3, -0.25) is 0 Å². The number of allylic oxidation sites excluding steroid dienone is 11. The molecule has 0 aromatic carbocycles. The summed E-state index contributed by atoms with van der Waals surface area (Å²) in [5.74, 6) is 0.519. The molecule has 0 radical (unpaired) electrons. The van der Waals surface area contributed by atoms with E-state index in [1.807, 2.05) is 0 Å². The van der Waals surface area contributed by atoms with Gasteiger partial charge in [0.1, 0.15) is 0 Å². The zero-order valence-electron chi connectivity index (χ0n) is 25.3. The topological polar surface area (TPSA) is 40.5 Å². The van der Waals surface area contributed by atoms with E-state index < -0.39 is 0 Å². The molecular weight excluding hydrogens is 440 g/mol. The predicted molar refractivity (Wildman–Crippen MR) is 163 cm³/mol. The highest BCUT2D eigenvalue weighted by Crippen LogP contribution is 2.26. The number of rotatable bonds is 14. The molecule has 0 fully saturated rings. The minimum absolute atomic E-state index is 0.354. The molecule has 2 heteroatoms. The van der Waals surface area contributed by atoms with Crippen LogP contribution in [0, 0.1) is 5.92 Å². The fraction of sp³-hybridized carbons (Fsp3) is 0.647. The van der Waals surface area contributed by atoms with Gasteiger partial charge in [0, 0.05) is 13.7 Å². The molecule has 0 aromatic heterocycles. The van der Waals surface area contributed by atoms with Crippen LogP contribution in [-0.2, 0) is 0 Å². The summed E-state index contributed by atoms with van der Waals surface area (Å²) in [6, 6.07) is 0. The number of aliphatic hydroxyl groups excluding tert-OH is 2. The molecule has 0 aliphatic heterocycles. The first kappa shape index (κ1) is 36.5. The Morgan fingerprint density at radius 3 is 1.75 bits per heavy atom. The second kappa shape index (κ2) is 25.0. The van der Waals surface area contributed by atoms with Crippen LogP contribution in [0.5, 0.6) is 0 Å². The molecule has 0 spiro atoms. The standard InChI is InChI=1S/C18H30O.C15H26.CH4O/c1-15(2)6-4-7-16(3)8-5-9-17-10-12-18(14-19)13-11-17;1-6-14(4)10-8-12-15(5)11-7-9-13(2)3;1-2/h6,8,10,18-19H,4-5,7,9,11-14H2,1-3H3;9,12H,4,6-8,10-11H2,1-3,5H3;2H,1H3/b16-8+;15-12+;. The first-order valence-corrected chi connectivity index (χ1v) is 14.2. The van der Waals surface area contributed by atoms with Crippen molar-refractivity contribution in [1.29, 1.82) is 0 Å². The molecule has 0 amide bonds. The maximum atomic E-state index is 9.10. The number of aliphatic hydroxyl groups is 2. The second-order valence-corrected chi connectivity index (χ2v) is 10.6. The first-order valence-electron chi connectivity index (χ1n) is 14.2. The third-order valence-electron chi connectivity index (χ3n) is 6.50. The molecule has 0 saturated carbocycles. The van der Waals surface area contributed by atoms with Gasteiger partial charge in [-0.25, -0.2) is 0 Å². The van der Waals surface area contributed by atoms with Crippen LogP contribution in [0.25, 0.3) is 0 Å². The summed E-state index contributed by atoms with van der Waals surface area (Å²) in [4.78, 5) is 0. The zero-order valence-corrected chi connectivity index (χ0v) is 25.3. The van der Waals surface area contributed by atoms with Crippen molar-refractivity contribution >= 4 is 0 Å². The van der Waals surface area contributed by atoms with Crippen LogP contribution in [-0.4, -0.2) is 23.9 Å². The van der Waals surface area contributed by atoms with Crippen LogP contribution in [0.3, 0.4) is 0 Å². The molecule has 208 valence electrons. The van der Waals surface area contributed by atoms with Crippen LogP contribution < -0.4 is 0 Å². The Balaban J connectivity index is 0. The first-order chi connectivity index (χ1) is 17.2. The highest BCUT2D eigenvalue weighted by Gasteiger charge is 2.12. The van der Waals surface area contributed by atoms with Gasteiger partial charge in [0.25, 0.3) is 0 Å². The summed E-state index contributed by atoms with van der Waals surface area (Å²) >= 11 is 0. The van der Waals surface area contributed by atoms with E-state index in [0.717, 1.165) is 32.8 Å². The highest BCUT2D eigenvalue weighted by atomic mass is 16.3. The van der Waals surface area contributed by atoms with Gasteiger partial charge >= 0.3 is 0 Å². The molecule has 0 saturated heterocycles. The van der Waals surface area contributed by atoms with Crippen LogP contribution in [0.1, 0.15) is 126 Å². The quantitative estimate of drug-likeness (QED) is 0.233. The lowest BCUT2D eigenvalue weighted by molar-refractivity contribution is 0.215. The van der Waals surface area contributed by atoms with Crippen LogP contribution in [0.15, 0.2) is 70.4 Å². The van der Waals surface area contributed by atoms with Crippen LogP contribution in [0.2, 0.25) is 0 Å². The predicted octanol–water partition coefficient (Wildman–Crippen LogP) is 10.2. The van der Waals surface area contributed by atoms with Crippen molar-refractivity contribution in [1.82, 2.24) is 0 Å². The summed E-state index contributed by atoms with van der Waals surface area (Å²) in [6.45, 7) is 19.7. The molecule has 1 atom stereocenters. The average molecular weight is 501 g/mol. The SMILES string of the molecule is C=C(CC)CC/C=C(\C)CCC=C(C)C.CC(C)=CCC/C(C)=C/CCC1=CCC(CO)CC1.CO. The van der Waals surface area contributed by atoms with E-state index in [0.29, 0.717) is 12.5 Å². The minimum Gasteiger partial charge on any atom is -0.400 e. The van der Waals surface area contributed by atoms with Crippen molar-refractivity contribution in [2.45, 2.75) is 126 Å². The van der Waals surface area contributed by atoms with Crippen molar-refractivity contribution in [2.75, 3.05) is 13.7 Å². The number of hydrogen-bond acceptors (Lipinski definition) is 2. The van der Waals surface area contributed by atoms with Crippen molar-refractivity contribution in [3.05, 3.63) is 70.4 Å². The molecule has 1 aliphatic rings. The highest BCUT2D eigenvalue weighted by molar-refractivity contribution is 5.09. The van der Waals surface area contributed by atoms with E-state index >= 15 is 0 Å². The Kier molecular flexibility index (Phi) is 25.4. The van der Waals surface area contributed by atoms with Gasteiger partial charge in [0.15, 0.2) is 0 Å². The molecule has 1 aliphatic carbocycles. The van der Waals surface area contributed by atoms with Crippen LogP contribution in [0.4, 0.5) is 0 Å². The van der Waals surface area contributed by atoms with Crippen molar-refractivity contribution in [3.8, 4) is 0 Å². The summed E-state index contributed by atoms with van der Waals surface area (Å²) in [7, 11) is 1.00. The third kappa shape index (κ3) is 24.1. The van der Waals surface area contributed by atoms with Gasteiger partial charge in [-0.2, -0.15) is 0 Å². The molecule has 1 unspecified atom stereocenters.